The molecular formula is C19H30BrIN4. The maximum absolute atomic E-state index is 4.86. The quantitative estimate of drug-likeness (QED) is 0.343. The number of hydrogen-bond donors (Lipinski definition) is 2. The molecule has 0 spiro atoms. The number of aliphatic imine (C=N–C) groups is 1. The lowest BCUT2D eigenvalue weighted by Crippen LogP contribution is -2.42. The second-order valence-corrected chi connectivity index (χ2v) is 7.84. The standard InChI is InChI=1S/C19H29BrN4.HI/c1-2-21-19(23-17-7-3-4-8-17)22-13-15-10-11-24(14-15)18-9-5-6-16(20)12-18;/h5-6,9,12,15,17H,2-4,7-8,10-11,13-14H2,1H3,(H2,21,22,23);1H. The highest BCUT2D eigenvalue weighted by molar-refractivity contribution is 14.0. The SMILES string of the molecule is CCNC(=NCC1CCN(c2cccc(Br)c2)C1)NC1CCCC1.I. The molecule has 2 N–H and O–H groups in total. The van der Waals surface area contributed by atoms with Crippen molar-refractivity contribution in [1.82, 2.24) is 10.6 Å². The summed E-state index contributed by atoms with van der Waals surface area (Å²) in [5.41, 5.74) is 1.31. The van der Waals surface area contributed by atoms with Crippen LogP contribution in [0.15, 0.2) is 33.7 Å². The molecular weight excluding hydrogens is 491 g/mol. The van der Waals surface area contributed by atoms with Gasteiger partial charge in [-0.05, 0) is 50.3 Å². The van der Waals surface area contributed by atoms with Crippen molar-refractivity contribution in [3.8, 4) is 0 Å². The third-order valence-corrected chi connectivity index (χ3v) is 5.50. The predicted octanol–water partition coefficient (Wildman–Crippen LogP) is 4.39. The third kappa shape index (κ3) is 6.31. The molecule has 0 aromatic heterocycles. The first-order valence-electron chi connectivity index (χ1n) is 9.30. The number of hydrogen-bond acceptors (Lipinski definition) is 2. The second-order valence-electron chi connectivity index (χ2n) is 6.93. The van der Waals surface area contributed by atoms with Crippen LogP contribution in [-0.2, 0) is 0 Å². The summed E-state index contributed by atoms with van der Waals surface area (Å²) in [5.74, 6) is 1.65. The van der Waals surface area contributed by atoms with Gasteiger partial charge >= 0.3 is 0 Å². The van der Waals surface area contributed by atoms with Gasteiger partial charge in [0.15, 0.2) is 5.96 Å². The summed E-state index contributed by atoms with van der Waals surface area (Å²) >= 11 is 3.57. The molecule has 1 saturated carbocycles. The zero-order valence-electron chi connectivity index (χ0n) is 15.0. The van der Waals surface area contributed by atoms with Gasteiger partial charge in [0.2, 0.25) is 0 Å². The van der Waals surface area contributed by atoms with E-state index in [2.05, 4.69) is 62.7 Å². The van der Waals surface area contributed by atoms with E-state index in [0.717, 1.165) is 36.6 Å². The number of anilines is 1. The fraction of sp³-hybridized carbons (Fsp3) is 0.632. The first-order valence-corrected chi connectivity index (χ1v) is 10.1. The smallest absolute Gasteiger partial charge is 0.191 e. The van der Waals surface area contributed by atoms with E-state index in [0.29, 0.717) is 12.0 Å². The largest absolute Gasteiger partial charge is 0.371 e. The fourth-order valence-electron chi connectivity index (χ4n) is 3.69. The van der Waals surface area contributed by atoms with Gasteiger partial charge in [0.1, 0.15) is 0 Å². The molecule has 0 amide bonds. The maximum atomic E-state index is 4.86. The van der Waals surface area contributed by atoms with Crippen LogP contribution in [0.3, 0.4) is 0 Å². The Labute approximate surface area is 177 Å². The molecule has 0 radical (unpaired) electrons. The van der Waals surface area contributed by atoms with E-state index >= 15 is 0 Å². The first-order chi connectivity index (χ1) is 11.7. The third-order valence-electron chi connectivity index (χ3n) is 5.01. The van der Waals surface area contributed by atoms with Crippen LogP contribution >= 0.6 is 39.9 Å². The molecule has 3 rings (SSSR count). The predicted molar refractivity (Wildman–Crippen MR) is 121 cm³/mol. The highest BCUT2D eigenvalue weighted by Gasteiger charge is 2.23. The van der Waals surface area contributed by atoms with Crippen molar-refractivity contribution in [2.75, 3.05) is 31.1 Å². The summed E-state index contributed by atoms with van der Waals surface area (Å²) in [7, 11) is 0. The number of nitrogens with zero attached hydrogens (tertiary/aromatic N) is 2. The molecule has 1 aromatic rings. The first kappa shape index (κ1) is 20.8. The fourth-order valence-corrected chi connectivity index (χ4v) is 4.08. The van der Waals surface area contributed by atoms with Crippen molar-refractivity contribution in [3.63, 3.8) is 0 Å². The van der Waals surface area contributed by atoms with Gasteiger partial charge in [-0.2, -0.15) is 0 Å². The van der Waals surface area contributed by atoms with Crippen LogP contribution in [0.1, 0.15) is 39.0 Å². The minimum Gasteiger partial charge on any atom is -0.371 e. The molecule has 2 aliphatic rings. The molecule has 1 unspecified atom stereocenters. The van der Waals surface area contributed by atoms with Gasteiger partial charge in [0.25, 0.3) is 0 Å². The Morgan fingerprint density at radius 1 is 1.28 bits per heavy atom. The number of benzene rings is 1. The molecule has 1 aliphatic carbocycles. The minimum atomic E-state index is 0. The van der Waals surface area contributed by atoms with Gasteiger partial charge in [-0.3, -0.25) is 4.99 Å². The van der Waals surface area contributed by atoms with Crippen LogP contribution in [0.2, 0.25) is 0 Å². The van der Waals surface area contributed by atoms with Gasteiger partial charge in [-0.1, -0.05) is 34.8 Å². The molecule has 6 heteroatoms. The van der Waals surface area contributed by atoms with Crippen LogP contribution < -0.4 is 15.5 Å². The van der Waals surface area contributed by atoms with E-state index in [9.17, 15) is 0 Å². The Morgan fingerprint density at radius 2 is 2.08 bits per heavy atom. The average molecular weight is 521 g/mol. The molecule has 2 fully saturated rings. The molecule has 0 bridgehead atoms. The van der Waals surface area contributed by atoms with Crippen molar-refractivity contribution in [3.05, 3.63) is 28.7 Å². The van der Waals surface area contributed by atoms with E-state index in [1.807, 2.05) is 0 Å². The number of nitrogens with one attached hydrogen (secondary N) is 2. The minimum absolute atomic E-state index is 0. The molecule has 1 aromatic carbocycles. The van der Waals surface area contributed by atoms with Crippen molar-refractivity contribution in [2.45, 2.75) is 45.1 Å². The summed E-state index contributed by atoms with van der Waals surface area (Å²) in [6.07, 6.45) is 6.48. The molecule has 25 heavy (non-hydrogen) atoms. The molecule has 1 atom stereocenters. The zero-order valence-corrected chi connectivity index (χ0v) is 18.9. The van der Waals surface area contributed by atoms with Crippen LogP contribution in [0.4, 0.5) is 5.69 Å². The van der Waals surface area contributed by atoms with E-state index in [4.69, 9.17) is 4.99 Å². The van der Waals surface area contributed by atoms with Crippen molar-refractivity contribution in [1.29, 1.82) is 0 Å². The summed E-state index contributed by atoms with van der Waals surface area (Å²) in [6, 6.07) is 9.21. The van der Waals surface area contributed by atoms with Crippen LogP contribution in [0.25, 0.3) is 0 Å². The zero-order chi connectivity index (χ0) is 16.8. The average Bonchev–Trinajstić information content (AvgIpc) is 3.24. The van der Waals surface area contributed by atoms with Gasteiger partial charge in [-0.25, -0.2) is 0 Å². The van der Waals surface area contributed by atoms with Crippen molar-refractivity contribution < 1.29 is 0 Å². The van der Waals surface area contributed by atoms with E-state index < -0.39 is 0 Å². The Balaban J connectivity index is 0.00000225. The highest BCUT2D eigenvalue weighted by atomic mass is 127. The lowest BCUT2D eigenvalue weighted by molar-refractivity contribution is 0.584. The Kier molecular flexibility index (Phi) is 8.82. The topological polar surface area (TPSA) is 39.7 Å². The Hall–Kier alpha value is -0.500. The van der Waals surface area contributed by atoms with E-state index in [1.165, 1.54) is 37.8 Å². The number of rotatable bonds is 5. The molecule has 140 valence electrons. The lowest BCUT2D eigenvalue weighted by atomic mass is 10.1. The monoisotopic (exact) mass is 520 g/mol. The van der Waals surface area contributed by atoms with Gasteiger partial charge in [0.05, 0.1) is 0 Å². The maximum Gasteiger partial charge on any atom is 0.191 e. The van der Waals surface area contributed by atoms with Gasteiger partial charge in [-0.15, -0.1) is 24.0 Å². The van der Waals surface area contributed by atoms with E-state index in [-0.39, 0.29) is 24.0 Å². The normalized spacial score (nSPS) is 21.3. The van der Waals surface area contributed by atoms with Crippen LogP contribution in [0.5, 0.6) is 0 Å². The number of halogens is 2. The van der Waals surface area contributed by atoms with E-state index in [1.54, 1.807) is 0 Å². The summed E-state index contributed by atoms with van der Waals surface area (Å²) in [6.45, 7) is 6.20. The van der Waals surface area contributed by atoms with Crippen LogP contribution in [-0.4, -0.2) is 38.2 Å². The van der Waals surface area contributed by atoms with Crippen molar-refractivity contribution >= 4 is 51.6 Å². The highest BCUT2D eigenvalue weighted by Crippen LogP contribution is 2.26. The summed E-state index contributed by atoms with van der Waals surface area (Å²) < 4.78 is 1.15. The number of guanidine groups is 1. The lowest BCUT2D eigenvalue weighted by Gasteiger charge is -2.19. The molecule has 1 saturated heterocycles. The van der Waals surface area contributed by atoms with Gasteiger partial charge < -0.3 is 15.5 Å². The summed E-state index contributed by atoms with van der Waals surface area (Å²) in [5, 5.41) is 7.01. The molecule has 4 nitrogen and oxygen atoms in total. The van der Waals surface area contributed by atoms with Crippen molar-refractivity contribution in [2.24, 2.45) is 10.9 Å². The Morgan fingerprint density at radius 3 is 2.80 bits per heavy atom. The Bertz CT molecular complexity index is 560. The van der Waals surface area contributed by atoms with Crippen LogP contribution in [0, 0.1) is 5.92 Å². The molecule has 1 heterocycles. The summed E-state index contributed by atoms with van der Waals surface area (Å²) in [4.78, 5) is 7.34. The molecule has 1 aliphatic heterocycles. The van der Waals surface area contributed by atoms with Gasteiger partial charge in [0, 0.05) is 42.4 Å². The second kappa shape index (κ2) is 10.6.